The van der Waals surface area contributed by atoms with E-state index in [2.05, 4.69) is 0 Å². The van der Waals surface area contributed by atoms with Crippen molar-refractivity contribution in [1.29, 1.82) is 0 Å². The van der Waals surface area contributed by atoms with Gasteiger partial charge in [-0.05, 0) is 0 Å². The molecule has 0 aromatic carbocycles. The minimum absolute atomic E-state index is 0. The van der Waals surface area contributed by atoms with Crippen molar-refractivity contribution in [3.63, 3.8) is 0 Å². The molecule has 2 unspecified atom stereocenters. The Morgan fingerprint density at radius 2 is 0.556 bits per heavy atom. The molecule has 0 heterocycles. The molecule has 0 saturated heterocycles. The number of hydrogen-bond donors (Lipinski definition) is 0. The van der Waals surface area contributed by atoms with Gasteiger partial charge in [-0.25, -0.2) is 0 Å². The summed E-state index contributed by atoms with van der Waals surface area (Å²) in [7, 11) is 0. The van der Waals surface area contributed by atoms with Crippen LogP contribution in [0.3, 0.4) is 0 Å². The van der Waals surface area contributed by atoms with Crippen LogP contribution >= 0.6 is 19.8 Å². The van der Waals surface area contributed by atoms with Crippen LogP contribution in [0.4, 0.5) is 0 Å². The van der Waals surface area contributed by atoms with E-state index >= 15 is 0 Å². The van der Waals surface area contributed by atoms with Crippen molar-refractivity contribution in [2.75, 3.05) is 0 Å². The Kier molecular flexibility index (Phi) is 3430. The van der Waals surface area contributed by atoms with Gasteiger partial charge < -0.3 is 1.43 Å². The average molecular weight is 206 g/mol. The molecule has 0 rings (SSSR count). The fourth-order valence-corrected chi connectivity index (χ4v) is 0. The zero-order chi connectivity index (χ0) is 0. The molecule has 0 aliphatic heterocycles. The molecule has 0 saturated carbocycles. The first-order chi connectivity index (χ1) is 0. The van der Waals surface area contributed by atoms with Crippen LogP contribution in [0.1, 0.15) is 47.4 Å². The van der Waals surface area contributed by atoms with Gasteiger partial charge in [0, 0.05) is 1.43 Å². The molecule has 0 aliphatic carbocycles. The molecule has 0 amide bonds. The predicted molar refractivity (Wildman–Crippen MR) is 65.8 cm³/mol. The maximum absolute atomic E-state index is 0. The summed E-state index contributed by atoms with van der Waals surface area (Å²) in [6.07, 6.45) is 0. The first kappa shape index (κ1) is 203. The topological polar surface area (TPSA) is 0 Å². The van der Waals surface area contributed by atoms with Gasteiger partial charge in [0.1, 0.15) is 0 Å². The second-order valence-corrected chi connectivity index (χ2v) is 0. The zero-order valence-corrected chi connectivity index (χ0v) is 8.37. The molecule has 0 aliphatic rings. The SMILES string of the molecule is C.C.C.C.C.C.P.P.[H-].[HH].[K+]. The molecule has 0 bridgehead atoms. The average Bonchev–Trinajstić information content (AvgIpc) is 0. The van der Waals surface area contributed by atoms with Gasteiger partial charge in [0.05, 0.1) is 0 Å². The van der Waals surface area contributed by atoms with Crippen LogP contribution < -0.4 is 51.4 Å². The minimum Gasteiger partial charge on any atom is -1.00 e. The van der Waals surface area contributed by atoms with Crippen molar-refractivity contribution < 1.29 is 54.2 Å². The van der Waals surface area contributed by atoms with Gasteiger partial charge in [-0.2, -0.15) is 19.8 Å². The third-order valence-corrected chi connectivity index (χ3v) is 0. The monoisotopic (exact) mass is 206 g/mol. The molecule has 3 heteroatoms. The Morgan fingerprint density at radius 3 is 0.556 bits per heavy atom. The van der Waals surface area contributed by atoms with Crippen LogP contribution in [0.25, 0.3) is 0 Å². The summed E-state index contributed by atoms with van der Waals surface area (Å²) in [4.78, 5) is 0. The van der Waals surface area contributed by atoms with E-state index in [0.717, 1.165) is 0 Å². The van der Waals surface area contributed by atoms with E-state index in [1.807, 2.05) is 0 Å². The molecule has 68 valence electrons. The van der Waals surface area contributed by atoms with Crippen LogP contribution in [-0.2, 0) is 0 Å². The van der Waals surface area contributed by atoms with Crippen LogP contribution in [-0.4, -0.2) is 0 Å². The van der Waals surface area contributed by atoms with Crippen molar-refractivity contribution >= 4 is 19.8 Å². The molecule has 0 aromatic rings. The van der Waals surface area contributed by atoms with Crippen LogP contribution in [0.15, 0.2) is 0 Å². The number of hydrogen-bond acceptors (Lipinski definition) is 0. The van der Waals surface area contributed by atoms with E-state index in [1.165, 1.54) is 0 Å². The maximum Gasteiger partial charge on any atom is 1.00 e. The summed E-state index contributed by atoms with van der Waals surface area (Å²) in [5, 5.41) is 0. The Bertz CT molecular complexity index is 18.5. The molecule has 0 fully saturated rings. The fraction of sp³-hybridized carbons (Fsp3) is 1.00. The third-order valence-electron chi connectivity index (χ3n) is 0. The molecule has 0 aromatic heterocycles. The van der Waals surface area contributed by atoms with Gasteiger partial charge in [0.2, 0.25) is 0 Å². The van der Waals surface area contributed by atoms with Crippen molar-refractivity contribution in [3.8, 4) is 0 Å². The van der Waals surface area contributed by atoms with Crippen molar-refractivity contribution in [2.45, 2.75) is 44.6 Å². The fourth-order valence-electron chi connectivity index (χ4n) is 0. The van der Waals surface area contributed by atoms with Crippen molar-refractivity contribution in [1.82, 2.24) is 0 Å². The van der Waals surface area contributed by atoms with Crippen molar-refractivity contribution in [3.05, 3.63) is 0 Å². The summed E-state index contributed by atoms with van der Waals surface area (Å²) in [5.74, 6) is 0. The molecule has 0 radical (unpaired) electrons. The normalized spacial score (nSPS) is 0. The summed E-state index contributed by atoms with van der Waals surface area (Å²) in [5.41, 5.74) is 0. The van der Waals surface area contributed by atoms with Gasteiger partial charge in [-0.3, -0.25) is 0 Å². The van der Waals surface area contributed by atoms with Gasteiger partial charge in [0.25, 0.3) is 0 Å². The van der Waals surface area contributed by atoms with E-state index < -0.39 is 0 Å². The summed E-state index contributed by atoms with van der Waals surface area (Å²) in [6, 6.07) is 0. The second kappa shape index (κ2) is 152. The van der Waals surface area contributed by atoms with E-state index in [9.17, 15) is 0 Å². The Labute approximate surface area is 117 Å². The van der Waals surface area contributed by atoms with Crippen molar-refractivity contribution in [2.24, 2.45) is 0 Å². The smallest absolute Gasteiger partial charge is 1.00 e. The molecule has 2 atom stereocenters. The predicted octanol–water partition coefficient (Wildman–Crippen LogP) is 1.30. The third kappa shape index (κ3) is 122. The van der Waals surface area contributed by atoms with E-state index in [0.29, 0.717) is 0 Å². The van der Waals surface area contributed by atoms with Crippen LogP contribution in [0, 0.1) is 0 Å². The summed E-state index contributed by atoms with van der Waals surface area (Å²) < 4.78 is 0. The number of rotatable bonds is 0. The first-order valence-corrected chi connectivity index (χ1v) is 0. The van der Waals surface area contributed by atoms with Gasteiger partial charge in [-0.1, -0.05) is 44.6 Å². The molecule has 0 N–H and O–H groups in total. The van der Waals surface area contributed by atoms with E-state index in [-0.39, 0.29) is 119 Å². The van der Waals surface area contributed by atoms with Crippen LogP contribution in [0.5, 0.6) is 0 Å². The zero-order valence-electron chi connectivity index (χ0n) is 3.41. The van der Waals surface area contributed by atoms with Crippen LogP contribution in [0.2, 0.25) is 0 Å². The Hall–Kier alpha value is 2.50. The molecular weight excluding hydrogens is 173 g/mol. The summed E-state index contributed by atoms with van der Waals surface area (Å²) >= 11 is 0. The van der Waals surface area contributed by atoms with E-state index in [4.69, 9.17) is 0 Å². The molecular formula is C6H33KP2. The van der Waals surface area contributed by atoms with E-state index in [1.54, 1.807) is 0 Å². The van der Waals surface area contributed by atoms with Gasteiger partial charge >= 0.3 is 51.4 Å². The quantitative estimate of drug-likeness (QED) is 0.414. The second-order valence-electron chi connectivity index (χ2n) is 0. The standard InChI is InChI=1S/6CH4.K.2H3P.H2.H/h6*1H4;;2*1H3;1H;/q;;;;;;+1;;;;-1. The first-order valence-electron chi connectivity index (χ1n) is 0. The molecule has 0 nitrogen and oxygen atoms in total. The largest absolute Gasteiger partial charge is 1.00 e. The van der Waals surface area contributed by atoms with Gasteiger partial charge in [0.15, 0.2) is 0 Å². The van der Waals surface area contributed by atoms with Gasteiger partial charge in [-0.15, -0.1) is 0 Å². The summed E-state index contributed by atoms with van der Waals surface area (Å²) in [6.45, 7) is 0. The minimum atomic E-state index is 0. The molecule has 0 spiro atoms. The Balaban J connectivity index is 0. The maximum atomic E-state index is 0. The molecule has 9 heavy (non-hydrogen) atoms. The Morgan fingerprint density at radius 1 is 0.556 bits per heavy atom.